The van der Waals surface area contributed by atoms with Crippen molar-refractivity contribution in [3.63, 3.8) is 0 Å². The fourth-order valence-electron chi connectivity index (χ4n) is 5.66. The molecule has 2 aliphatic rings. The molecular formula is C24H26FN3O. The van der Waals surface area contributed by atoms with E-state index in [1.807, 2.05) is 28.8 Å². The van der Waals surface area contributed by atoms with E-state index in [4.69, 9.17) is 0 Å². The summed E-state index contributed by atoms with van der Waals surface area (Å²) in [6, 6.07) is 12.1. The van der Waals surface area contributed by atoms with Gasteiger partial charge in [-0.2, -0.15) is 0 Å². The van der Waals surface area contributed by atoms with E-state index in [-0.39, 0.29) is 28.6 Å². The van der Waals surface area contributed by atoms with E-state index in [0.29, 0.717) is 17.4 Å². The van der Waals surface area contributed by atoms with Gasteiger partial charge in [0, 0.05) is 17.8 Å². The average molecular weight is 391 g/mol. The van der Waals surface area contributed by atoms with Crippen LogP contribution in [0.2, 0.25) is 0 Å². The number of nitrogens with zero attached hydrogens (tertiary/aromatic N) is 2. The molecule has 1 aromatic carbocycles. The number of nitrogens with one attached hydrogen (secondary N) is 1. The van der Waals surface area contributed by atoms with Gasteiger partial charge < -0.3 is 5.32 Å². The Morgan fingerprint density at radius 1 is 1.17 bits per heavy atom. The number of benzene rings is 1. The predicted octanol–water partition coefficient (Wildman–Crippen LogP) is 5.09. The highest BCUT2D eigenvalue weighted by Crippen LogP contribution is 2.65. The van der Waals surface area contributed by atoms with Crippen molar-refractivity contribution in [3.05, 3.63) is 60.3 Å². The van der Waals surface area contributed by atoms with Crippen molar-refractivity contribution in [3.8, 4) is 11.3 Å². The maximum Gasteiger partial charge on any atom is 0.287 e. The van der Waals surface area contributed by atoms with Gasteiger partial charge in [0.1, 0.15) is 5.82 Å². The topological polar surface area (TPSA) is 46.4 Å². The lowest BCUT2D eigenvalue weighted by atomic mass is 9.69. The molecule has 1 N–H and O–H groups in total. The Balaban J connectivity index is 1.51. The van der Waals surface area contributed by atoms with Crippen LogP contribution in [0.25, 0.3) is 16.8 Å². The van der Waals surface area contributed by atoms with Gasteiger partial charge in [0.05, 0.1) is 11.2 Å². The highest BCUT2D eigenvalue weighted by atomic mass is 19.1. The summed E-state index contributed by atoms with van der Waals surface area (Å²) < 4.78 is 15.2. The molecule has 2 aliphatic carbocycles. The molecule has 0 spiro atoms. The van der Waals surface area contributed by atoms with Crippen molar-refractivity contribution in [2.24, 2.45) is 16.7 Å². The Morgan fingerprint density at radius 2 is 1.93 bits per heavy atom. The second-order valence-electron chi connectivity index (χ2n) is 9.38. The van der Waals surface area contributed by atoms with E-state index >= 15 is 0 Å². The Kier molecular flexibility index (Phi) is 3.89. The molecule has 4 nitrogen and oxygen atoms in total. The Hall–Kier alpha value is -2.69. The molecule has 5 heteroatoms. The molecule has 2 saturated carbocycles. The largest absolute Gasteiger partial charge is 0.346 e. The third-order valence-corrected chi connectivity index (χ3v) is 7.97. The first kappa shape index (κ1) is 18.3. The van der Waals surface area contributed by atoms with Gasteiger partial charge in [0.2, 0.25) is 5.82 Å². The van der Waals surface area contributed by atoms with E-state index in [9.17, 15) is 9.18 Å². The lowest BCUT2D eigenvalue weighted by molar-refractivity contribution is 0.0816. The molecule has 2 bridgehead atoms. The normalized spacial score (nSPS) is 27.4. The lowest BCUT2D eigenvalue weighted by Gasteiger charge is -2.39. The summed E-state index contributed by atoms with van der Waals surface area (Å²) in [5.41, 5.74) is 2.67. The smallest absolute Gasteiger partial charge is 0.287 e. The van der Waals surface area contributed by atoms with Gasteiger partial charge in [-0.15, -0.1) is 0 Å². The summed E-state index contributed by atoms with van der Waals surface area (Å²) in [5.74, 6) is 0.602. The quantitative estimate of drug-likeness (QED) is 0.676. The summed E-state index contributed by atoms with van der Waals surface area (Å²) in [6.45, 7) is 7.00. The van der Waals surface area contributed by atoms with Crippen molar-refractivity contribution in [1.29, 1.82) is 0 Å². The molecule has 5 rings (SSSR count). The number of hydrogen-bond donors (Lipinski definition) is 1. The molecule has 3 atom stereocenters. The number of aromatic nitrogens is 2. The molecule has 1 unspecified atom stereocenters. The first-order valence-corrected chi connectivity index (χ1v) is 10.4. The zero-order valence-corrected chi connectivity index (χ0v) is 17.1. The minimum Gasteiger partial charge on any atom is -0.346 e. The fourth-order valence-corrected chi connectivity index (χ4v) is 5.66. The van der Waals surface area contributed by atoms with E-state index in [0.717, 1.165) is 23.9 Å². The summed E-state index contributed by atoms with van der Waals surface area (Å²) in [6.07, 6.45) is 5.29. The second-order valence-corrected chi connectivity index (χ2v) is 9.38. The van der Waals surface area contributed by atoms with Crippen molar-refractivity contribution in [2.45, 2.75) is 46.1 Å². The molecule has 150 valence electrons. The van der Waals surface area contributed by atoms with Crippen LogP contribution in [0.15, 0.2) is 48.7 Å². The minimum absolute atomic E-state index is 0.111. The van der Waals surface area contributed by atoms with Gasteiger partial charge >= 0.3 is 0 Å². The number of rotatable bonds is 3. The molecule has 29 heavy (non-hydrogen) atoms. The zero-order valence-electron chi connectivity index (χ0n) is 17.1. The number of carbonyl (C=O) groups excluding carboxylic acids is 1. The molecule has 0 aliphatic heterocycles. The van der Waals surface area contributed by atoms with Crippen LogP contribution < -0.4 is 5.32 Å². The standard InChI is InChI=1S/C24H26FN3O/c1-23(2)16-11-12-24(23,3)19(14-16)26-22(29)21-27-20(15-7-9-17(25)10-8-15)18-6-4-5-13-28(18)21/h4-10,13,16,19H,11-12,14H2,1-3H3,(H,26,29)/t16?,19-,24-/m0/s1. The maximum absolute atomic E-state index is 13.4. The molecule has 0 radical (unpaired) electrons. The molecular weight excluding hydrogens is 365 g/mol. The van der Waals surface area contributed by atoms with Gasteiger partial charge in [0.25, 0.3) is 5.91 Å². The molecule has 2 fully saturated rings. The van der Waals surface area contributed by atoms with Gasteiger partial charge in [-0.3, -0.25) is 9.20 Å². The molecule has 0 saturated heterocycles. The number of halogens is 1. The van der Waals surface area contributed by atoms with Crippen LogP contribution in [-0.4, -0.2) is 21.3 Å². The zero-order chi connectivity index (χ0) is 20.4. The van der Waals surface area contributed by atoms with Crippen molar-refractivity contribution in [2.75, 3.05) is 0 Å². The van der Waals surface area contributed by atoms with Crippen LogP contribution in [0, 0.1) is 22.6 Å². The summed E-state index contributed by atoms with van der Waals surface area (Å²) >= 11 is 0. The summed E-state index contributed by atoms with van der Waals surface area (Å²) in [7, 11) is 0. The average Bonchev–Trinajstić information content (AvgIpc) is 3.25. The summed E-state index contributed by atoms with van der Waals surface area (Å²) in [5, 5.41) is 3.31. The SMILES string of the molecule is CC1(C)C2CC[C@@]1(C)[C@@H](NC(=O)c1nc(-c3ccc(F)cc3)c3ccccn13)C2. The van der Waals surface area contributed by atoms with Gasteiger partial charge in [-0.25, -0.2) is 9.37 Å². The number of pyridine rings is 1. The van der Waals surface area contributed by atoms with Crippen molar-refractivity contribution < 1.29 is 9.18 Å². The number of amides is 1. The van der Waals surface area contributed by atoms with Crippen molar-refractivity contribution >= 4 is 11.4 Å². The number of hydrogen-bond acceptors (Lipinski definition) is 2. The van der Waals surface area contributed by atoms with Crippen LogP contribution in [0.1, 0.15) is 50.7 Å². The van der Waals surface area contributed by atoms with E-state index in [2.05, 4.69) is 31.1 Å². The monoisotopic (exact) mass is 391 g/mol. The number of fused-ring (bicyclic) bond motifs is 3. The van der Waals surface area contributed by atoms with Gasteiger partial charge in [-0.05, 0) is 72.4 Å². The van der Waals surface area contributed by atoms with Gasteiger partial charge in [-0.1, -0.05) is 26.8 Å². The third-order valence-electron chi connectivity index (χ3n) is 7.97. The minimum atomic E-state index is -0.289. The van der Waals surface area contributed by atoms with Crippen molar-refractivity contribution in [1.82, 2.24) is 14.7 Å². The lowest BCUT2D eigenvalue weighted by Crippen LogP contribution is -2.47. The number of imidazole rings is 1. The second kappa shape index (κ2) is 6.15. The first-order chi connectivity index (χ1) is 13.8. The first-order valence-electron chi connectivity index (χ1n) is 10.4. The van der Waals surface area contributed by atoms with Crippen LogP contribution in [-0.2, 0) is 0 Å². The maximum atomic E-state index is 13.4. The highest BCUT2D eigenvalue weighted by Gasteiger charge is 2.61. The van der Waals surface area contributed by atoms with E-state index in [1.165, 1.54) is 18.6 Å². The molecule has 1 amide bonds. The number of carbonyl (C=O) groups is 1. The van der Waals surface area contributed by atoms with E-state index < -0.39 is 0 Å². The van der Waals surface area contributed by atoms with Crippen LogP contribution in [0.4, 0.5) is 4.39 Å². The van der Waals surface area contributed by atoms with Crippen LogP contribution in [0.5, 0.6) is 0 Å². The Labute approximate surface area is 170 Å². The summed E-state index contributed by atoms with van der Waals surface area (Å²) in [4.78, 5) is 18.0. The predicted molar refractivity (Wildman–Crippen MR) is 111 cm³/mol. The van der Waals surface area contributed by atoms with E-state index in [1.54, 1.807) is 12.1 Å². The molecule has 2 heterocycles. The van der Waals surface area contributed by atoms with Crippen LogP contribution in [0.3, 0.4) is 0 Å². The van der Waals surface area contributed by atoms with Crippen LogP contribution >= 0.6 is 0 Å². The molecule has 3 aromatic rings. The van der Waals surface area contributed by atoms with Gasteiger partial charge in [0.15, 0.2) is 0 Å². The highest BCUT2D eigenvalue weighted by molar-refractivity contribution is 5.94. The fraction of sp³-hybridized carbons (Fsp3) is 0.417. The third kappa shape index (κ3) is 2.56. The molecule has 2 aromatic heterocycles. The Morgan fingerprint density at radius 3 is 2.59 bits per heavy atom. The Bertz CT molecular complexity index is 1100.